The molecule has 0 unspecified atom stereocenters. The minimum Gasteiger partial charge on any atom is -0.529 e. The molecule has 0 saturated heterocycles. The number of hydrogen-bond acceptors (Lipinski definition) is 10. The van der Waals surface area contributed by atoms with Crippen LogP contribution < -0.4 is 9.31 Å². The van der Waals surface area contributed by atoms with E-state index in [9.17, 15) is 26.4 Å². The number of hydroxylamine groups is 4. The van der Waals surface area contributed by atoms with Crippen LogP contribution in [0.3, 0.4) is 0 Å². The SMILES string of the molecule is CC(C)(C)ON(CCc1ccc(OBOc2ccc(CCN(OC(C)(C)C)C(=O)S(C)(=O)=O)cc2)cc1)C(=O)S(C)(=O)=O. The smallest absolute Gasteiger partial charge is 0.529 e. The second-order valence-corrected chi connectivity index (χ2v) is 15.7. The summed E-state index contributed by atoms with van der Waals surface area (Å²) in [6, 6.07) is 14.1. The first-order valence-corrected chi connectivity index (χ1v) is 17.3. The van der Waals surface area contributed by atoms with Crippen LogP contribution in [0.1, 0.15) is 52.7 Å². The van der Waals surface area contributed by atoms with Gasteiger partial charge in [-0.05, 0) is 89.8 Å². The van der Waals surface area contributed by atoms with Crippen molar-refractivity contribution >= 4 is 37.8 Å². The molecule has 15 heteroatoms. The third kappa shape index (κ3) is 13.4. The molecule has 0 aliphatic rings. The third-order valence-corrected chi connectivity index (χ3v) is 6.99. The molecule has 12 nitrogen and oxygen atoms in total. The highest BCUT2D eigenvalue weighted by atomic mass is 32.2. The Hall–Kier alpha value is -3.14. The Bertz CT molecular complexity index is 1340. The van der Waals surface area contributed by atoms with Gasteiger partial charge in [0.15, 0.2) is 0 Å². The van der Waals surface area contributed by atoms with E-state index in [1.807, 2.05) is 0 Å². The van der Waals surface area contributed by atoms with Gasteiger partial charge in [0.2, 0.25) is 19.7 Å². The monoisotopic (exact) mass is 640 g/mol. The van der Waals surface area contributed by atoms with Gasteiger partial charge in [-0.15, -0.1) is 0 Å². The van der Waals surface area contributed by atoms with Gasteiger partial charge >= 0.3 is 18.2 Å². The van der Waals surface area contributed by atoms with Crippen molar-refractivity contribution in [2.45, 2.75) is 65.6 Å². The van der Waals surface area contributed by atoms with Crippen LogP contribution in [0.25, 0.3) is 0 Å². The summed E-state index contributed by atoms with van der Waals surface area (Å²) in [5.41, 5.74) is 0.192. The number of carbonyl (C=O) groups excluding carboxylic acids is 2. The van der Waals surface area contributed by atoms with Gasteiger partial charge in [-0.1, -0.05) is 24.3 Å². The Kier molecular flexibility index (Phi) is 12.2. The first-order valence-electron chi connectivity index (χ1n) is 13.5. The lowest BCUT2D eigenvalue weighted by Gasteiger charge is -2.29. The molecule has 238 valence electrons. The zero-order chi connectivity index (χ0) is 32.6. The van der Waals surface area contributed by atoms with Gasteiger partial charge in [0.25, 0.3) is 0 Å². The molecule has 0 spiro atoms. The Morgan fingerprint density at radius 3 is 1.19 bits per heavy atom. The van der Waals surface area contributed by atoms with Gasteiger partial charge in [-0.3, -0.25) is 19.3 Å². The summed E-state index contributed by atoms with van der Waals surface area (Å²) in [5, 5.41) is -0.426. The number of hydrogen-bond donors (Lipinski definition) is 0. The van der Waals surface area contributed by atoms with E-state index in [0.29, 0.717) is 24.3 Å². The van der Waals surface area contributed by atoms with E-state index in [1.54, 1.807) is 90.1 Å². The fourth-order valence-corrected chi connectivity index (χ4v) is 4.51. The standard InChI is InChI=1S/C28H41BN2O10S2/c1-27(2,3)40-30(25(32)42(7,34)35)19-17-21-9-13-23(14-10-21)38-29-39-24-15-11-22(12-16-24)18-20-31(41-28(4,5)6)26(33)43(8,36)37/h9-16,29H,17-20H2,1-8H3. The van der Waals surface area contributed by atoms with Crippen molar-refractivity contribution in [3.63, 3.8) is 0 Å². The van der Waals surface area contributed by atoms with Crippen molar-refractivity contribution < 1.29 is 45.4 Å². The maximum absolute atomic E-state index is 12.3. The van der Waals surface area contributed by atoms with Crippen LogP contribution in [-0.4, -0.2) is 81.9 Å². The fraction of sp³-hybridized carbons (Fsp3) is 0.500. The predicted octanol–water partition coefficient (Wildman–Crippen LogP) is 3.89. The minimum atomic E-state index is -3.95. The number of nitrogens with zero attached hydrogens (tertiary/aromatic N) is 2. The highest BCUT2D eigenvalue weighted by molar-refractivity contribution is 8.05. The predicted molar refractivity (Wildman–Crippen MR) is 164 cm³/mol. The normalized spacial score (nSPS) is 12.4. The van der Waals surface area contributed by atoms with E-state index in [0.717, 1.165) is 33.8 Å². The number of carbonyl (C=O) groups is 2. The molecule has 0 aromatic heterocycles. The lowest BCUT2D eigenvalue weighted by molar-refractivity contribution is -0.187. The topological polar surface area (TPSA) is 146 Å². The summed E-state index contributed by atoms with van der Waals surface area (Å²) in [4.78, 5) is 35.7. The summed E-state index contributed by atoms with van der Waals surface area (Å²) in [7, 11) is -7.97. The molecule has 0 heterocycles. The number of rotatable bonds is 12. The van der Waals surface area contributed by atoms with Gasteiger partial charge in [0.05, 0.1) is 24.3 Å². The first-order chi connectivity index (χ1) is 19.6. The lowest BCUT2D eigenvalue weighted by atomic mass is 10.1. The van der Waals surface area contributed by atoms with Crippen molar-refractivity contribution in [1.82, 2.24) is 10.1 Å². The number of sulfone groups is 2. The van der Waals surface area contributed by atoms with Crippen molar-refractivity contribution in [2.75, 3.05) is 25.6 Å². The molecule has 0 saturated carbocycles. The highest BCUT2D eigenvalue weighted by Crippen LogP contribution is 2.18. The molecule has 2 aromatic rings. The van der Waals surface area contributed by atoms with Crippen LogP contribution in [0.5, 0.6) is 11.5 Å². The van der Waals surface area contributed by atoms with Crippen LogP contribution in [0.15, 0.2) is 48.5 Å². The van der Waals surface area contributed by atoms with E-state index < -0.39 is 41.4 Å². The summed E-state index contributed by atoms with van der Waals surface area (Å²) in [5.74, 6) is 1.09. The van der Waals surface area contributed by atoms with Crippen LogP contribution in [0, 0.1) is 0 Å². The van der Waals surface area contributed by atoms with E-state index in [-0.39, 0.29) is 20.8 Å². The number of amides is 2. The maximum atomic E-state index is 12.3. The molecular weight excluding hydrogens is 599 g/mol. The van der Waals surface area contributed by atoms with E-state index in [1.165, 1.54) is 0 Å². The summed E-state index contributed by atoms with van der Waals surface area (Å²) < 4.78 is 58.3. The Labute approximate surface area is 255 Å². The zero-order valence-electron chi connectivity index (χ0n) is 25.9. The van der Waals surface area contributed by atoms with Crippen molar-refractivity contribution in [2.24, 2.45) is 0 Å². The molecule has 0 aliphatic carbocycles. The average Bonchev–Trinajstić information content (AvgIpc) is 2.87. The molecule has 0 N–H and O–H groups in total. The van der Waals surface area contributed by atoms with Gasteiger partial charge in [0, 0.05) is 12.5 Å². The highest BCUT2D eigenvalue weighted by Gasteiger charge is 2.30. The Balaban J connectivity index is 1.88. The molecule has 0 aliphatic heterocycles. The van der Waals surface area contributed by atoms with Crippen molar-refractivity contribution in [3.05, 3.63) is 59.7 Å². The van der Waals surface area contributed by atoms with Crippen LogP contribution in [0.2, 0.25) is 0 Å². The average molecular weight is 641 g/mol. The first kappa shape index (κ1) is 36.1. The molecule has 2 aromatic carbocycles. The van der Waals surface area contributed by atoms with E-state index >= 15 is 0 Å². The largest absolute Gasteiger partial charge is 0.576 e. The van der Waals surface area contributed by atoms with Crippen molar-refractivity contribution in [3.8, 4) is 11.5 Å². The minimum absolute atomic E-state index is 0.0537. The molecule has 2 amide bonds. The third-order valence-electron chi connectivity index (χ3n) is 5.31. The van der Waals surface area contributed by atoms with E-state index in [2.05, 4.69) is 0 Å². The lowest BCUT2D eigenvalue weighted by Crippen LogP contribution is -2.41. The maximum Gasteiger partial charge on any atom is 0.576 e. The van der Waals surface area contributed by atoms with Gasteiger partial charge in [0.1, 0.15) is 11.5 Å². The molecule has 0 fully saturated rings. The molecule has 43 heavy (non-hydrogen) atoms. The zero-order valence-corrected chi connectivity index (χ0v) is 27.6. The van der Waals surface area contributed by atoms with E-state index in [4.69, 9.17) is 19.0 Å². The summed E-state index contributed by atoms with van der Waals surface area (Å²) in [6.07, 6.45) is 2.43. The summed E-state index contributed by atoms with van der Waals surface area (Å²) >= 11 is 0. The molecule has 0 bridgehead atoms. The molecule has 0 radical (unpaired) electrons. The number of benzene rings is 2. The molecular formula is C28H41BN2O10S2. The van der Waals surface area contributed by atoms with Gasteiger partial charge < -0.3 is 9.31 Å². The van der Waals surface area contributed by atoms with Crippen LogP contribution in [0.4, 0.5) is 9.59 Å². The van der Waals surface area contributed by atoms with Crippen LogP contribution >= 0.6 is 0 Å². The quantitative estimate of drug-likeness (QED) is 0.247. The second kappa shape index (κ2) is 14.6. The van der Waals surface area contributed by atoms with Crippen LogP contribution in [-0.2, 0) is 42.2 Å². The van der Waals surface area contributed by atoms with Crippen molar-refractivity contribution in [1.29, 1.82) is 0 Å². The Morgan fingerprint density at radius 2 is 0.930 bits per heavy atom. The molecule has 2 rings (SSSR count). The summed E-state index contributed by atoms with van der Waals surface area (Å²) in [6.45, 7) is 10.5. The van der Waals surface area contributed by atoms with Gasteiger partial charge in [-0.25, -0.2) is 27.0 Å². The second-order valence-electron chi connectivity index (χ2n) is 11.9. The fourth-order valence-electron chi connectivity index (χ4n) is 3.51. The van der Waals surface area contributed by atoms with Gasteiger partial charge in [-0.2, -0.15) is 0 Å². The Morgan fingerprint density at radius 1 is 0.628 bits per heavy atom. The molecule has 0 atom stereocenters.